The van der Waals surface area contributed by atoms with Crippen LogP contribution >= 0.6 is 0 Å². The first-order valence-corrected chi connectivity index (χ1v) is 20.9. The third-order valence-electron chi connectivity index (χ3n) is 9.78. The summed E-state index contributed by atoms with van der Waals surface area (Å²) in [5.74, 6) is -0.0507. The summed E-state index contributed by atoms with van der Waals surface area (Å²) < 4.78 is 0. The minimum Gasteiger partial charge on any atom is -0.394 e. The van der Waals surface area contributed by atoms with E-state index in [1.807, 2.05) is 6.08 Å². The molecule has 0 aromatic carbocycles. The van der Waals surface area contributed by atoms with Gasteiger partial charge in [-0.2, -0.15) is 0 Å². The minimum absolute atomic E-state index is 0.0507. The Kier molecular flexibility index (Phi) is 37.8. The molecule has 0 unspecified atom stereocenters. The summed E-state index contributed by atoms with van der Waals surface area (Å²) in [4.78, 5) is 12.4. The topological polar surface area (TPSA) is 69.6 Å². The van der Waals surface area contributed by atoms with Crippen molar-refractivity contribution in [3.8, 4) is 0 Å². The highest BCUT2D eigenvalue weighted by Crippen LogP contribution is 2.16. The van der Waals surface area contributed by atoms with Crippen LogP contribution in [0, 0.1) is 0 Å². The molecule has 0 fully saturated rings. The number of aliphatic hydroxyl groups excluding tert-OH is 2. The fraction of sp³-hybridized carbons (Fsp3) is 0.929. The van der Waals surface area contributed by atoms with E-state index in [1.165, 1.54) is 186 Å². The first-order valence-electron chi connectivity index (χ1n) is 20.9. The van der Waals surface area contributed by atoms with Crippen LogP contribution in [0.4, 0.5) is 0 Å². The summed E-state index contributed by atoms with van der Waals surface area (Å²) in [7, 11) is 0. The first kappa shape index (κ1) is 45.1. The van der Waals surface area contributed by atoms with Gasteiger partial charge in [0.2, 0.25) is 5.91 Å². The molecule has 0 saturated heterocycles. The molecule has 4 nitrogen and oxygen atoms in total. The van der Waals surface area contributed by atoms with Crippen molar-refractivity contribution in [3.63, 3.8) is 0 Å². The third-order valence-corrected chi connectivity index (χ3v) is 9.78. The normalized spacial score (nSPS) is 13.0. The molecule has 0 aliphatic heterocycles. The van der Waals surface area contributed by atoms with Crippen molar-refractivity contribution < 1.29 is 15.0 Å². The lowest BCUT2D eigenvalue weighted by Crippen LogP contribution is -2.45. The number of unbranched alkanes of at least 4 members (excludes halogenated alkanes) is 30. The van der Waals surface area contributed by atoms with Gasteiger partial charge in [0.15, 0.2) is 0 Å². The highest BCUT2D eigenvalue weighted by atomic mass is 16.3. The number of allylic oxidation sites excluding steroid dienone is 1. The molecule has 4 heteroatoms. The number of hydrogen-bond acceptors (Lipinski definition) is 3. The van der Waals surface area contributed by atoms with E-state index in [0.717, 1.165) is 19.3 Å². The Bertz CT molecular complexity index is 622. The van der Waals surface area contributed by atoms with Crippen molar-refractivity contribution in [2.24, 2.45) is 0 Å². The maximum Gasteiger partial charge on any atom is 0.220 e. The molecule has 46 heavy (non-hydrogen) atoms. The predicted molar refractivity (Wildman–Crippen MR) is 202 cm³/mol. The van der Waals surface area contributed by atoms with Gasteiger partial charge in [0.1, 0.15) is 0 Å². The summed E-state index contributed by atoms with van der Waals surface area (Å²) in [6.07, 6.45) is 47.3. The van der Waals surface area contributed by atoms with E-state index in [9.17, 15) is 15.0 Å². The van der Waals surface area contributed by atoms with E-state index < -0.39 is 12.1 Å². The second kappa shape index (κ2) is 38.6. The maximum atomic E-state index is 12.4. The van der Waals surface area contributed by atoms with E-state index in [-0.39, 0.29) is 12.5 Å². The number of carbonyl (C=O) groups is 1. The highest BCUT2D eigenvalue weighted by Gasteiger charge is 2.19. The summed E-state index contributed by atoms with van der Waals surface area (Å²) in [5.41, 5.74) is 0. The van der Waals surface area contributed by atoms with E-state index in [0.29, 0.717) is 12.8 Å². The molecule has 0 aliphatic carbocycles. The second-order valence-electron chi connectivity index (χ2n) is 14.4. The van der Waals surface area contributed by atoms with E-state index in [4.69, 9.17) is 0 Å². The molecular formula is C42H83NO3. The Labute approximate surface area is 288 Å². The summed E-state index contributed by atoms with van der Waals surface area (Å²) in [6, 6.07) is -0.579. The van der Waals surface area contributed by atoms with Gasteiger partial charge in [0.05, 0.1) is 18.8 Å². The molecule has 0 rings (SSSR count). The van der Waals surface area contributed by atoms with Crippen molar-refractivity contribution in [3.05, 3.63) is 12.2 Å². The van der Waals surface area contributed by atoms with Crippen LogP contribution in [-0.2, 0) is 4.79 Å². The predicted octanol–water partition coefficient (Wildman–Crippen LogP) is 12.7. The monoisotopic (exact) mass is 650 g/mol. The number of carbonyl (C=O) groups excluding carboxylic acids is 1. The van der Waals surface area contributed by atoms with Crippen molar-refractivity contribution >= 4 is 5.91 Å². The first-order chi connectivity index (χ1) is 22.7. The Hall–Kier alpha value is -0.870. The Balaban J connectivity index is 3.51. The summed E-state index contributed by atoms with van der Waals surface area (Å²) in [6.45, 7) is 4.33. The van der Waals surface area contributed by atoms with E-state index in [2.05, 4.69) is 25.2 Å². The molecule has 274 valence electrons. The SMILES string of the molecule is CCCCCCCCCCCCC=CC[C@@H](O)[C@H](CO)NC(=O)CCCCCCCCCCCCCCCCCCCCCCC. The number of nitrogens with one attached hydrogen (secondary N) is 1. The van der Waals surface area contributed by atoms with Crippen molar-refractivity contribution in [1.82, 2.24) is 5.32 Å². The molecule has 0 heterocycles. The molecular weight excluding hydrogens is 566 g/mol. The molecule has 0 saturated carbocycles. The lowest BCUT2D eigenvalue weighted by atomic mass is 10.0. The van der Waals surface area contributed by atoms with Crippen LogP contribution in [0.2, 0.25) is 0 Å². The van der Waals surface area contributed by atoms with Gasteiger partial charge in [0.25, 0.3) is 0 Å². The molecule has 0 bridgehead atoms. The third kappa shape index (κ3) is 34.5. The highest BCUT2D eigenvalue weighted by molar-refractivity contribution is 5.76. The fourth-order valence-corrected chi connectivity index (χ4v) is 6.53. The molecule has 1 amide bonds. The van der Waals surface area contributed by atoms with Crippen molar-refractivity contribution in [2.75, 3.05) is 6.61 Å². The molecule has 0 spiro atoms. The van der Waals surface area contributed by atoms with Gasteiger partial charge in [-0.05, 0) is 25.7 Å². The Morgan fingerprint density at radius 2 is 0.826 bits per heavy atom. The van der Waals surface area contributed by atoms with Crippen LogP contribution in [-0.4, -0.2) is 34.9 Å². The van der Waals surface area contributed by atoms with Gasteiger partial charge in [-0.3, -0.25) is 4.79 Å². The van der Waals surface area contributed by atoms with Crippen LogP contribution in [0.15, 0.2) is 12.2 Å². The van der Waals surface area contributed by atoms with Gasteiger partial charge in [-0.1, -0.05) is 212 Å². The zero-order valence-electron chi connectivity index (χ0n) is 31.4. The van der Waals surface area contributed by atoms with Crippen LogP contribution in [0.3, 0.4) is 0 Å². The Morgan fingerprint density at radius 1 is 0.500 bits per heavy atom. The lowest BCUT2D eigenvalue weighted by molar-refractivity contribution is -0.123. The summed E-state index contributed by atoms with van der Waals surface area (Å²) in [5, 5.41) is 23.0. The average Bonchev–Trinajstić information content (AvgIpc) is 3.06. The zero-order valence-corrected chi connectivity index (χ0v) is 31.4. The molecule has 2 atom stereocenters. The average molecular weight is 650 g/mol. The minimum atomic E-state index is -0.738. The fourth-order valence-electron chi connectivity index (χ4n) is 6.53. The van der Waals surface area contributed by atoms with Gasteiger partial charge in [-0.25, -0.2) is 0 Å². The van der Waals surface area contributed by atoms with Crippen LogP contribution in [0.5, 0.6) is 0 Å². The van der Waals surface area contributed by atoms with E-state index in [1.54, 1.807) is 0 Å². The largest absolute Gasteiger partial charge is 0.394 e. The molecule has 0 radical (unpaired) electrons. The van der Waals surface area contributed by atoms with Crippen LogP contribution in [0.1, 0.15) is 232 Å². The van der Waals surface area contributed by atoms with Crippen LogP contribution in [0.25, 0.3) is 0 Å². The van der Waals surface area contributed by atoms with Gasteiger partial charge in [-0.15, -0.1) is 0 Å². The smallest absolute Gasteiger partial charge is 0.220 e. The van der Waals surface area contributed by atoms with Gasteiger partial charge < -0.3 is 15.5 Å². The van der Waals surface area contributed by atoms with Gasteiger partial charge >= 0.3 is 0 Å². The number of aliphatic hydroxyl groups is 2. The number of hydrogen-bond donors (Lipinski definition) is 3. The van der Waals surface area contributed by atoms with Crippen LogP contribution < -0.4 is 5.32 Å². The van der Waals surface area contributed by atoms with Crippen molar-refractivity contribution in [1.29, 1.82) is 0 Å². The summed E-state index contributed by atoms with van der Waals surface area (Å²) >= 11 is 0. The second-order valence-corrected chi connectivity index (χ2v) is 14.4. The molecule has 3 N–H and O–H groups in total. The molecule has 0 aliphatic rings. The van der Waals surface area contributed by atoms with Crippen molar-refractivity contribution in [2.45, 2.75) is 244 Å². The standard InChI is InChI=1S/C42H83NO3/c1-3-5-7-9-11-13-15-17-18-19-20-21-22-23-24-26-28-30-32-34-36-38-42(46)43-40(39-44)41(45)37-35-33-31-29-27-25-16-14-12-10-8-6-4-2/h33,35,40-41,44-45H,3-32,34,36-39H2,1-2H3,(H,43,46)/t40-,41+/m0/s1. The zero-order chi connectivity index (χ0) is 33.6. The molecule has 0 aromatic rings. The van der Waals surface area contributed by atoms with E-state index >= 15 is 0 Å². The Morgan fingerprint density at radius 3 is 1.17 bits per heavy atom. The maximum absolute atomic E-state index is 12.4. The molecule has 0 aromatic heterocycles. The number of rotatable bonds is 38. The number of amides is 1. The lowest BCUT2D eigenvalue weighted by Gasteiger charge is -2.21. The quantitative estimate of drug-likeness (QED) is 0.0460. The van der Waals surface area contributed by atoms with Gasteiger partial charge in [0, 0.05) is 6.42 Å².